The monoisotopic (exact) mass is 373 g/mol. The number of allylic oxidation sites excluding steroid dienone is 1. The topological polar surface area (TPSA) is 61.7 Å². The molecule has 1 aromatic heterocycles. The van der Waals surface area contributed by atoms with E-state index in [4.69, 9.17) is 4.74 Å². The molecule has 0 atom stereocenters. The number of aromatic amines is 1. The van der Waals surface area contributed by atoms with E-state index in [9.17, 15) is 5.26 Å². The zero-order valence-electron chi connectivity index (χ0n) is 16.4. The number of rotatable bonds is 10. The molecule has 0 fully saturated rings. The van der Waals surface area contributed by atoms with Crippen LogP contribution in [0.1, 0.15) is 56.8 Å². The predicted molar refractivity (Wildman–Crippen MR) is 115 cm³/mol. The van der Waals surface area contributed by atoms with Gasteiger partial charge < -0.3 is 9.72 Å². The quantitative estimate of drug-likeness (QED) is 0.332. The van der Waals surface area contributed by atoms with Crippen molar-refractivity contribution in [3.63, 3.8) is 0 Å². The Kier molecular flexibility index (Phi) is 7.26. The molecule has 3 rings (SSSR count). The number of benzene rings is 2. The minimum atomic E-state index is 0.511. The van der Waals surface area contributed by atoms with E-state index in [-0.39, 0.29) is 0 Å². The third-order valence-electron chi connectivity index (χ3n) is 4.72. The van der Waals surface area contributed by atoms with Gasteiger partial charge in [0.25, 0.3) is 0 Å². The van der Waals surface area contributed by atoms with Crippen molar-refractivity contribution >= 4 is 22.7 Å². The number of aromatic nitrogens is 2. The Labute approximate surface area is 166 Å². The lowest BCUT2D eigenvalue weighted by molar-refractivity contribution is 0.304. The summed E-state index contributed by atoms with van der Waals surface area (Å²) in [6.45, 7) is 2.99. The second kappa shape index (κ2) is 10.3. The maximum atomic E-state index is 9.54. The summed E-state index contributed by atoms with van der Waals surface area (Å²) in [4.78, 5) is 7.71. The first-order chi connectivity index (χ1) is 13.8. The molecule has 0 unspecified atom stereocenters. The Hall–Kier alpha value is -3.06. The highest BCUT2D eigenvalue weighted by Gasteiger charge is 2.07. The largest absolute Gasteiger partial charge is 0.494 e. The highest BCUT2D eigenvalue weighted by Crippen LogP contribution is 2.20. The number of ether oxygens (including phenoxy) is 1. The first-order valence-electron chi connectivity index (χ1n) is 10.1. The number of nitrogens with zero attached hydrogens (tertiary/aromatic N) is 2. The fourth-order valence-electron chi connectivity index (χ4n) is 3.13. The number of imidazole rings is 1. The van der Waals surface area contributed by atoms with Gasteiger partial charge in [0, 0.05) is 0 Å². The highest BCUT2D eigenvalue weighted by molar-refractivity contribution is 5.90. The summed E-state index contributed by atoms with van der Waals surface area (Å²) in [6, 6.07) is 17.9. The summed E-state index contributed by atoms with van der Waals surface area (Å²) >= 11 is 0. The molecule has 2 aromatic carbocycles. The molecule has 4 nitrogen and oxygen atoms in total. The first-order valence-corrected chi connectivity index (χ1v) is 10.1. The second-order valence-electron chi connectivity index (χ2n) is 6.96. The van der Waals surface area contributed by atoms with E-state index in [0.717, 1.165) is 35.4 Å². The van der Waals surface area contributed by atoms with Gasteiger partial charge in [-0.05, 0) is 42.3 Å². The number of nitriles is 1. The highest BCUT2D eigenvalue weighted by atomic mass is 16.5. The lowest BCUT2D eigenvalue weighted by Gasteiger charge is -2.06. The molecule has 0 bridgehead atoms. The van der Waals surface area contributed by atoms with Gasteiger partial charge in [-0.25, -0.2) is 4.98 Å². The van der Waals surface area contributed by atoms with Gasteiger partial charge in [-0.1, -0.05) is 63.3 Å². The van der Waals surface area contributed by atoms with Crippen LogP contribution < -0.4 is 4.74 Å². The minimum Gasteiger partial charge on any atom is -0.494 e. The molecule has 0 aliphatic carbocycles. The first kappa shape index (κ1) is 19.7. The van der Waals surface area contributed by atoms with Crippen LogP contribution in [-0.2, 0) is 0 Å². The van der Waals surface area contributed by atoms with E-state index in [0.29, 0.717) is 11.4 Å². The van der Waals surface area contributed by atoms with Gasteiger partial charge in [0.1, 0.15) is 17.6 Å². The lowest BCUT2D eigenvalue weighted by atomic mass is 10.1. The molecule has 4 heteroatoms. The van der Waals surface area contributed by atoms with Crippen molar-refractivity contribution in [2.75, 3.05) is 6.61 Å². The molecule has 0 aliphatic rings. The normalized spacial score (nSPS) is 11.5. The van der Waals surface area contributed by atoms with E-state index in [1.54, 1.807) is 0 Å². The Bertz CT molecular complexity index is 915. The van der Waals surface area contributed by atoms with E-state index in [2.05, 4.69) is 23.0 Å². The molecule has 28 heavy (non-hydrogen) atoms. The third kappa shape index (κ3) is 5.47. The fourth-order valence-corrected chi connectivity index (χ4v) is 3.13. The molecule has 3 aromatic rings. The number of hydrogen-bond acceptors (Lipinski definition) is 3. The van der Waals surface area contributed by atoms with Gasteiger partial charge >= 0.3 is 0 Å². The van der Waals surface area contributed by atoms with Crippen molar-refractivity contribution < 1.29 is 4.74 Å². The third-order valence-corrected chi connectivity index (χ3v) is 4.72. The zero-order chi connectivity index (χ0) is 19.6. The van der Waals surface area contributed by atoms with Crippen molar-refractivity contribution in [2.24, 2.45) is 0 Å². The summed E-state index contributed by atoms with van der Waals surface area (Å²) in [5, 5.41) is 9.54. The summed E-state index contributed by atoms with van der Waals surface area (Å²) < 4.78 is 5.82. The summed E-state index contributed by atoms with van der Waals surface area (Å²) in [7, 11) is 0. The number of unbranched alkanes of at least 4 members (excludes halogenated alkanes) is 5. The average molecular weight is 374 g/mol. The maximum absolute atomic E-state index is 9.54. The predicted octanol–water partition coefficient (Wildman–Crippen LogP) is 6.37. The lowest BCUT2D eigenvalue weighted by Crippen LogP contribution is -1.97. The minimum absolute atomic E-state index is 0.511. The summed E-state index contributed by atoms with van der Waals surface area (Å²) in [5.41, 5.74) is 3.25. The number of hydrogen-bond donors (Lipinski definition) is 1. The van der Waals surface area contributed by atoms with Gasteiger partial charge in [0.15, 0.2) is 0 Å². The maximum Gasteiger partial charge on any atom is 0.149 e. The standard InChI is InChI=1S/C24H27N3O/c1-2-3-4-5-6-9-16-28-21-14-12-19(13-15-21)17-20(18-25)24-26-22-10-7-8-11-23(22)27-24/h7-8,10-15,17H,2-6,9,16H2,1H3,(H,26,27)/b20-17+. The van der Waals surface area contributed by atoms with Gasteiger partial charge in [-0.3, -0.25) is 0 Å². The Balaban J connectivity index is 1.57. The molecule has 1 N–H and O–H groups in total. The van der Waals surface area contributed by atoms with Crippen molar-refractivity contribution in [1.82, 2.24) is 9.97 Å². The molecule has 0 saturated carbocycles. The molecule has 0 radical (unpaired) electrons. The van der Waals surface area contributed by atoms with Gasteiger partial charge in [0.2, 0.25) is 0 Å². The number of nitrogens with one attached hydrogen (secondary N) is 1. The van der Waals surface area contributed by atoms with Crippen LogP contribution in [0.3, 0.4) is 0 Å². The van der Waals surface area contributed by atoms with E-state index >= 15 is 0 Å². The van der Waals surface area contributed by atoms with Gasteiger partial charge in [-0.15, -0.1) is 0 Å². The molecule has 0 spiro atoms. The van der Waals surface area contributed by atoms with Gasteiger partial charge in [0.05, 0.1) is 23.2 Å². The fraction of sp³-hybridized carbons (Fsp3) is 0.333. The Morgan fingerprint density at radius 2 is 1.79 bits per heavy atom. The van der Waals surface area contributed by atoms with E-state index in [1.807, 2.05) is 54.6 Å². The molecule has 1 heterocycles. The van der Waals surface area contributed by atoms with E-state index in [1.165, 1.54) is 32.1 Å². The summed E-state index contributed by atoms with van der Waals surface area (Å²) in [5.74, 6) is 1.46. The van der Waals surface area contributed by atoms with Crippen LogP contribution in [0.15, 0.2) is 48.5 Å². The number of para-hydroxylation sites is 2. The van der Waals surface area contributed by atoms with Crippen LogP contribution in [0.25, 0.3) is 22.7 Å². The van der Waals surface area contributed by atoms with Crippen molar-refractivity contribution in [3.8, 4) is 11.8 Å². The zero-order valence-corrected chi connectivity index (χ0v) is 16.4. The Morgan fingerprint density at radius 3 is 2.54 bits per heavy atom. The Morgan fingerprint density at radius 1 is 1.04 bits per heavy atom. The van der Waals surface area contributed by atoms with Crippen LogP contribution in [-0.4, -0.2) is 16.6 Å². The smallest absolute Gasteiger partial charge is 0.149 e. The molecule has 0 amide bonds. The molecule has 0 aliphatic heterocycles. The van der Waals surface area contributed by atoms with Crippen LogP contribution in [0.5, 0.6) is 5.75 Å². The molecule has 144 valence electrons. The molecule has 0 saturated heterocycles. The van der Waals surface area contributed by atoms with Crippen LogP contribution in [0, 0.1) is 11.3 Å². The number of H-pyrrole nitrogens is 1. The average Bonchev–Trinajstić information content (AvgIpc) is 3.16. The summed E-state index contributed by atoms with van der Waals surface area (Å²) in [6.07, 6.45) is 9.38. The van der Waals surface area contributed by atoms with Crippen molar-refractivity contribution in [3.05, 3.63) is 59.9 Å². The number of fused-ring (bicyclic) bond motifs is 1. The molecular weight excluding hydrogens is 346 g/mol. The SMILES string of the molecule is CCCCCCCCOc1ccc(/C=C(\C#N)c2nc3ccccc3[nH]2)cc1. The van der Waals surface area contributed by atoms with Gasteiger partial charge in [-0.2, -0.15) is 5.26 Å². The van der Waals surface area contributed by atoms with E-state index < -0.39 is 0 Å². The van der Waals surface area contributed by atoms with Crippen molar-refractivity contribution in [2.45, 2.75) is 45.4 Å². The van der Waals surface area contributed by atoms with Crippen LogP contribution in [0.2, 0.25) is 0 Å². The van der Waals surface area contributed by atoms with Crippen LogP contribution in [0.4, 0.5) is 0 Å². The second-order valence-corrected chi connectivity index (χ2v) is 6.96. The molecular formula is C24H27N3O. The van der Waals surface area contributed by atoms with Crippen molar-refractivity contribution in [1.29, 1.82) is 5.26 Å². The van der Waals surface area contributed by atoms with Crippen LogP contribution >= 0.6 is 0 Å².